The molecule has 2 aliphatic heterocycles. The summed E-state index contributed by atoms with van der Waals surface area (Å²) in [5.41, 5.74) is 4.34. The van der Waals surface area contributed by atoms with Crippen molar-refractivity contribution in [1.82, 2.24) is 0 Å². The Morgan fingerprint density at radius 2 is 2.06 bits per heavy atom. The van der Waals surface area contributed by atoms with Crippen molar-refractivity contribution in [2.45, 2.75) is 77.2 Å². The van der Waals surface area contributed by atoms with E-state index in [1.165, 1.54) is 70.9 Å². The van der Waals surface area contributed by atoms with Gasteiger partial charge in [0.2, 0.25) is 0 Å². The Labute approximate surface area is 113 Å². The summed E-state index contributed by atoms with van der Waals surface area (Å²) in [6, 6.07) is 0. The molecule has 1 unspecified atom stereocenters. The van der Waals surface area contributed by atoms with Crippen LogP contribution in [0.5, 0.6) is 0 Å². The molecule has 1 nitrogen and oxygen atoms in total. The van der Waals surface area contributed by atoms with Crippen LogP contribution in [0.2, 0.25) is 0 Å². The smallest absolute Gasteiger partial charge is 0.117 e. The van der Waals surface area contributed by atoms with Crippen LogP contribution in [0.4, 0.5) is 0 Å². The van der Waals surface area contributed by atoms with Gasteiger partial charge < -0.3 is 4.90 Å². The van der Waals surface area contributed by atoms with Crippen LogP contribution in [0, 0.1) is 5.92 Å². The van der Waals surface area contributed by atoms with Gasteiger partial charge in [-0.05, 0) is 44.6 Å². The maximum Gasteiger partial charge on any atom is 0.117 e. The van der Waals surface area contributed by atoms with Crippen molar-refractivity contribution in [3.8, 4) is 0 Å². The Balaban J connectivity index is 1.78. The SMILES string of the molecule is CCCC[C@H]1C[NH+]2CCC3=C(CCCC3)[C@]2(C)C1. The quantitative estimate of drug-likeness (QED) is 0.732. The second-order valence-electron chi connectivity index (χ2n) is 7.14. The standard InChI is InChI=1S/C17H29N/c1-3-4-7-14-12-17(2)16-9-6-5-8-15(16)10-11-18(17)13-14/h14H,3-13H2,1-2H3/p+1/t14-,17+/m1/s1. The molecule has 3 rings (SSSR count). The van der Waals surface area contributed by atoms with Crippen molar-refractivity contribution in [3.63, 3.8) is 0 Å². The topological polar surface area (TPSA) is 4.44 Å². The van der Waals surface area contributed by atoms with E-state index in [4.69, 9.17) is 0 Å². The normalized spacial score (nSPS) is 39.7. The number of rotatable bonds is 3. The van der Waals surface area contributed by atoms with E-state index in [1.54, 1.807) is 0 Å². The Bertz CT molecular complexity index is 344. The van der Waals surface area contributed by atoms with Crippen molar-refractivity contribution in [3.05, 3.63) is 11.1 Å². The van der Waals surface area contributed by atoms with Gasteiger partial charge in [0.15, 0.2) is 0 Å². The summed E-state index contributed by atoms with van der Waals surface area (Å²) in [5.74, 6) is 1.01. The lowest BCUT2D eigenvalue weighted by Crippen LogP contribution is -3.18. The fourth-order valence-electron chi connectivity index (χ4n) is 4.99. The minimum Gasteiger partial charge on any atom is -0.326 e. The van der Waals surface area contributed by atoms with Crippen molar-refractivity contribution < 1.29 is 4.90 Å². The molecule has 1 heteroatoms. The predicted molar refractivity (Wildman–Crippen MR) is 76.8 cm³/mol. The monoisotopic (exact) mass is 248 g/mol. The first-order valence-electron chi connectivity index (χ1n) is 8.30. The Morgan fingerprint density at radius 3 is 2.89 bits per heavy atom. The third-order valence-electron chi connectivity index (χ3n) is 5.95. The second kappa shape index (κ2) is 5.00. The summed E-state index contributed by atoms with van der Waals surface area (Å²) in [5, 5.41) is 0. The molecule has 0 aromatic heterocycles. The van der Waals surface area contributed by atoms with E-state index < -0.39 is 0 Å². The number of quaternary nitrogens is 1. The highest BCUT2D eigenvalue weighted by molar-refractivity contribution is 5.28. The highest BCUT2D eigenvalue weighted by Crippen LogP contribution is 2.40. The summed E-state index contributed by atoms with van der Waals surface area (Å²) in [4.78, 5) is 1.93. The van der Waals surface area contributed by atoms with E-state index in [1.807, 2.05) is 16.0 Å². The summed E-state index contributed by atoms with van der Waals surface area (Å²) in [6.45, 7) is 7.82. The lowest BCUT2D eigenvalue weighted by Gasteiger charge is -2.41. The van der Waals surface area contributed by atoms with Crippen LogP contribution >= 0.6 is 0 Å². The Hall–Kier alpha value is -0.300. The van der Waals surface area contributed by atoms with Gasteiger partial charge in [-0.15, -0.1) is 0 Å². The molecule has 0 spiro atoms. The van der Waals surface area contributed by atoms with Crippen molar-refractivity contribution in [1.29, 1.82) is 0 Å². The van der Waals surface area contributed by atoms with E-state index in [0.717, 1.165) is 5.92 Å². The largest absolute Gasteiger partial charge is 0.326 e. The van der Waals surface area contributed by atoms with Crippen LogP contribution < -0.4 is 4.90 Å². The number of unbranched alkanes of at least 4 members (excludes halogenated alkanes) is 1. The van der Waals surface area contributed by atoms with E-state index in [0.29, 0.717) is 5.54 Å². The molecule has 3 aliphatic rings. The van der Waals surface area contributed by atoms with Crippen LogP contribution in [0.25, 0.3) is 0 Å². The Kier molecular flexibility index (Phi) is 3.53. The molecule has 1 N–H and O–H groups in total. The van der Waals surface area contributed by atoms with Gasteiger partial charge >= 0.3 is 0 Å². The first-order valence-corrected chi connectivity index (χ1v) is 8.30. The van der Waals surface area contributed by atoms with Gasteiger partial charge in [-0.3, -0.25) is 0 Å². The van der Waals surface area contributed by atoms with Gasteiger partial charge in [-0.1, -0.05) is 25.3 Å². The average molecular weight is 248 g/mol. The van der Waals surface area contributed by atoms with E-state index in [-0.39, 0.29) is 0 Å². The number of fused-ring (bicyclic) bond motifs is 2. The van der Waals surface area contributed by atoms with Crippen LogP contribution in [0.3, 0.4) is 0 Å². The zero-order valence-electron chi connectivity index (χ0n) is 12.4. The van der Waals surface area contributed by atoms with Crippen LogP contribution in [0.15, 0.2) is 11.1 Å². The minimum atomic E-state index is 0.548. The minimum absolute atomic E-state index is 0.548. The van der Waals surface area contributed by atoms with Crippen LogP contribution in [0.1, 0.15) is 71.6 Å². The maximum absolute atomic E-state index is 2.59. The Morgan fingerprint density at radius 1 is 1.22 bits per heavy atom. The van der Waals surface area contributed by atoms with Crippen molar-refractivity contribution in [2.24, 2.45) is 5.92 Å². The molecule has 0 bridgehead atoms. The first kappa shape index (κ1) is 12.7. The van der Waals surface area contributed by atoms with Crippen LogP contribution in [-0.2, 0) is 0 Å². The lowest BCUT2D eigenvalue weighted by atomic mass is 9.74. The van der Waals surface area contributed by atoms with E-state index in [2.05, 4.69) is 13.8 Å². The highest BCUT2D eigenvalue weighted by atomic mass is 15.2. The number of nitrogens with one attached hydrogen (secondary N) is 1. The summed E-state index contributed by atoms with van der Waals surface area (Å²) < 4.78 is 0. The molecule has 1 aliphatic carbocycles. The van der Waals surface area contributed by atoms with Gasteiger partial charge in [0.25, 0.3) is 0 Å². The first-order chi connectivity index (χ1) is 8.74. The number of hydrogen-bond acceptors (Lipinski definition) is 0. The molecule has 0 aromatic rings. The molecule has 18 heavy (non-hydrogen) atoms. The molecular weight excluding hydrogens is 218 g/mol. The number of hydrogen-bond donors (Lipinski definition) is 1. The maximum atomic E-state index is 2.59. The fraction of sp³-hybridized carbons (Fsp3) is 0.882. The third kappa shape index (κ3) is 2.05. The molecule has 0 radical (unpaired) electrons. The molecule has 0 saturated carbocycles. The molecule has 1 saturated heterocycles. The average Bonchev–Trinajstić information content (AvgIpc) is 2.73. The van der Waals surface area contributed by atoms with Gasteiger partial charge in [0, 0.05) is 18.8 Å². The lowest BCUT2D eigenvalue weighted by molar-refractivity contribution is -0.934. The van der Waals surface area contributed by atoms with Crippen molar-refractivity contribution >= 4 is 0 Å². The van der Waals surface area contributed by atoms with Crippen molar-refractivity contribution in [2.75, 3.05) is 13.1 Å². The van der Waals surface area contributed by atoms with E-state index >= 15 is 0 Å². The fourth-order valence-corrected chi connectivity index (χ4v) is 4.99. The van der Waals surface area contributed by atoms with Gasteiger partial charge in [-0.2, -0.15) is 0 Å². The highest BCUT2D eigenvalue weighted by Gasteiger charge is 2.50. The molecule has 2 heterocycles. The predicted octanol–water partition coefficient (Wildman–Crippen LogP) is 3.11. The molecule has 3 atom stereocenters. The van der Waals surface area contributed by atoms with Crippen LogP contribution in [-0.4, -0.2) is 18.6 Å². The third-order valence-corrected chi connectivity index (χ3v) is 5.95. The molecule has 0 aromatic carbocycles. The zero-order chi connectivity index (χ0) is 12.6. The molecule has 0 amide bonds. The summed E-state index contributed by atoms with van der Waals surface area (Å²) >= 11 is 0. The van der Waals surface area contributed by atoms with Gasteiger partial charge in [0.05, 0.1) is 13.1 Å². The molecular formula is C17H30N+. The van der Waals surface area contributed by atoms with Gasteiger partial charge in [0.1, 0.15) is 5.54 Å². The zero-order valence-corrected chi connectivity index (χ0v) is 12.4. The summed E-state index contributed by atoms with van der Waals surface area (Å²) in [6.07, 6.45) is 13.0. The summed E-state index contributed by atoms with van der Waals surface area (Å²) in [7, 11) is 0. The second-order valence-corrected chi connectivity index (χ2v) is 7.14. The van der Waals surface area contributed by atoms with E-state index in [9.17, 15) is 0 Å². The van der Waals surface area contributed by atoms with Gasteiger partial charge in [-0.25, -0.2) is 0 Å². The molecule has 102 valence electrons. The molecule has 1 fully saturated rings.